The lowest BCUT2D eigenvalue weighted by atomic mass is 9.96. The molecule has 2 aromatic heterocycles. The van der Waals surface area contributed by atoms with Crippen LogP contribution < -0.4 is 10.6 Å². The maximum absolute atomic E-state index is 12.2. The first-order valence-corrected chi connectivity index (χ1v) is 10.5. The summed E-state index contributed by atoms with van der Waals surface area (Å²) >= 11 is 4.31. The zero-order valence-corrected chi connectivity index (χ0v) is 19.1. The van der Waals surface area contributed by atoms with E-state index in [1.165, 1.54) is 6.34 Å². The number of para-hydroxylation sites is 1. The minimum absolute atomic E-state index is 0.109. The molecule has 0 bridgehead atoms. The number of carbonyl (C=O) groups is 1. The number of rotatable bonds is 8. The fraction of sp³-hybridized carbons (Fsp3) is 0.217. The zero-order valence-electron chi connectivity index (χ0n) is 18.2. The minimum Gasteiger partial charge on any atom is -0.370 e. The first-order valence-electron chi connectivity index (χ1n) is 10.0. The Labute approximate surface area is 192 Å². The predicted octanol–water partition coefficient (Wildman–Crippen LogP) is 3.29. The Morgan fingerprint density at radius 2 is 2.12 bits per heavy atom. The molecule has 2 N–H and O–H groups in total. The lowest BCUT2D eigenvalue weighted by molar-refractivity contribution is 0.0964. The molecule has 0 unspecified atom stereocenters. The average molecular weight is 448 g/mol. The number of thiol groups is 1. The Morgan fingerprint density at radius 1 is 1.31 bits per heavy atom. The molecule has 0 radical (unpaired) electrons. The Morgan fingerprint density at radius 3 is 2.88 bits per heavy atom. The molecule has 0 aliphatic heterocycles. The summed E-state index contributed by atoms with van der Waals surface area (Å²) in [5, 5.41) is 7.26. The van der Waals surface area contributed by atoms with Gasteiger partial charge in [0.25, 0.3) is 5.91 Å². The number of aromatic nitrogens is 3. The molecule has 8 nitrogen and oxygen atoms in total. The van der Waals surface area contributed by atoms with Crippen molar-refractivity contribution in [3.05, 3.63) is 71.6 Å². The second-order valence-electron chi connectivity index (χ2n) is 7.13. The van der Waals surface area contributed by atoms with Crippen LogP contribution in [0.15, 0.2) is 64.1 Å². The number of carbonyl (C=O) groups excluding carboxylic acids is 1. The third kappa shape index (κ3) is 5.55. The van der Waals surface area contributed by atoms with Gasteiger partial charge in [0.05, 0.1) is 11.1 Å². The van der Waals surface area contributed by atoms with E-state index in [0.29, 0.717) is 34.3 Å². The highest BCUT2D eigenvalue weighted by molar-refractivity contribution is 7.80. The summed E-state index contributed by atoms with van der Waals surface area (Å²) in [5.74, 6) is 1.11. The zero-order chi connectivity index (χ0) is 23.1. The summed E-state index contributed by atoms with van der Waals surface area (Å²) in [4.78, 5) is 33.3. The van der Waals surface area contributed by atoms with Crippen LogP contribution in [0.5, 0.6) is 0 Å². The highest BCUT2D eigenvalue weighted by Gasteiger charge is 2.15. The summed E-state index contributed by atoms with van der Waals surface area (Å²) in [7, 11) is 1.62. The van der Waals surface area contributed by atoms with Gasteiger partial charge in [0.1, 0.15) is 23.0 Å². The number of nitrogens with zero attached hydrogens (tertiary/aromatic N) is 5. The molecule has 1 atom stereocenters. The lowest BCUT2D eigenvalue weighted by Crippen LogP contribution is -2.20. The van der Waals surface area contributed by atoms with Gasteiger partial charge in [-0.05, 0) is 18.6 Å². The standard InChI is InChI=1S/C23H25N7OS/c1-14(18-6-5-7-19-20(22(31)24-4)8-9-26-21(18)19)10-27-15(2)29-13-25-11-17-12-28-16(3)30-23(17)32/h5-9,11-14,27H,2,10H2,1,3-4H3,(H,24,31)(H,28,30,32)/b25-11+,29-13-/t14-/m1/s1. The highest BCUT2D eigenvalue weighted by Crippen LogP contribution is 2.26. The third-order valence-electron chi connectivity index (χ3n) is 4.83. The molecule has 0 saturated carbocycles. The van der Waals surface area contributed by atoms with Gasteiger partial charge < -0.3 is 10.6 Å². The van der Waals surface area contributed by atoms with Gasteiger partial charge in [-0.3, -0.25) is 9.78 Å². The molecule has 0 aliphatic rings. The van der Waals surface area contributed by atoms with E-state index in [1.54, 1.807) is 38.6 Å². The van der Waals surface area contributed by atoms with E-state index in [9.17, 15) is 4.79 Å². The molecule has 0 aliphatic carbocycles. The number of fused-ring (bicyclic) bond motifs is 1. The maximum atomic E-state index is 12.2. The molecule has 164 valence electrons. The van der Waals surface area contributed by atoms with Gasteiger partial charge in [0, 0.05) is 49.1 Å². The van der Waals surface area contributed by atoms with Crippen molar-refractivity contribution in [3.8, 4) is 0 Å². The van der Waals surface area contributed by atoms with Crippen molar-refractivity contribution in [1.82, 2.24) is 25.6 Å². The minimum atomic E-state index is -0.133. The molecular formula is C23H25N7OS. The van der Waals surface area contributed by atoms with Crippen LogP contribution in [0.2, 0.25) is 0 Å². The van der Waals surface area contributed by atoms with E-state index in [1.807, 2.05) is 18.2 Å². The number of amides is 1. The quantitative estimate of drug-likeness (QED) is 0.213. The van der Waals surface area contributed by atoms with E-state index in [4.69, 9.17) is 0 Å². The summed E-state index contributed by atoms with van der Waals surface area (Å²) in [6.07, 6.45) is 6.31. The Bertz CT molecular complexity index is 1210. The van der Waals surface area contributed by atoms with Crippen molar-refractivity contribution in [2.45, 2.75) is 24.8 Å². The third-order valence-corrected chi connectivity index (χ3v) is 5.19. The van der Waals surface area contributed by atoms with Gasteiger partial charge in [-0.25, -0.2) is 20.0 Å². The van der Waals surface area contributed by atoms with Gasteiger partial charge in [-0.15, -0.1) is 12.6 Å². The molecule has 3 rings (SSSR count). The van der Waals surface area contributed by atoms with Gasteiger partial charge in [-0.1, -0.05) is 31.7 Å². The first kappa shape index (κ1) is 23.1. The summed E-state index contributed by atoms with van der Waals surface area (Å²) in [5.41, 5.74) is 3.16. The van der Waals surface area contributed by atoms with Gasteiger partial charge in [0.15, 0.2) is 0 Å². The van der Waals surface area contributed by atoms with Crippen molar-refractivity contribution in [1.29, 1.82) is 0 Å². The van der Waals surface area contributed by atoms with Crippen molar-refractivity contribution in [2.24, 2.45) is 9.98 Å². The number of aliphatic imine (C=N–C) groups is 2. The number of nitrogens with one attached hydrogen (secondary N) is 2. The van der Waals surface area contributed by atoms with Crippen LogP contribution >= 0.6 is 12.6 Å². The Hall–Kier alpha value is -3.59. The summed E-state index contributed by atoms with van der Waals surface area (Å²) in [6.45, 7) is 8.39. The van der Waals surface area contributed by atoms with Crippen LogP contribution in [0.3, 0.4) is 0 Å². The topological polar surface area (TPSA) is 105 Å². The molecule has 2 heterocycles. The van der Waals surface area contributed by atoms with Crippen LogP contribution in [-0.4, -0.2) is 47.0 Å². The normalized spacial score (nSPS) is 12.4. The van der Waals surface area contributed by atoms with Crippen molar-refractivity contribution < 1.29 is 4.79 Å². The van der Waals surface area contributed by atoms with Crippen LogP contribution in [0.25, 0.3) is 10.9 Å². The van der Waals surface area contributed by atoms with Crippen LogP contribution in [-0.2, 0) is 0 Å². The summed E-state index contributed by atoms with van der Waals surface area (Å²) < 4.78 is 0. The average Bonchev–Trinajstić information content (AvgIpc) is 2.80. The monoisotopic (exact) mass is 447 g/mol. The Balaban J connectivity index is 1.64. The second kappa shape index (κ2) is 10.6. The molecule has 3 aromatic rings. The van der Waals surface area contributed by atoms with E-state index in [0.717, 1.165) is 16.5 Å². The predicted molar refractivity (Wildman–Crippen MR) is 131 cm³/mol. The van der Waals surface area contributed by atoms with Gasteiger partial charge >= 0.3 is 0 Å². The fourth-order valence-electron chi connectivity index (χ4n) is 3.13. The number of hydrogen-bond acceptors (Lipinski definition) is 7. The molecule has 1 aromatic carbocycles. The SMILES string of the molecule is C=C(/N=C\N=C\c1cnc(C)nc1S)NC[C@@H](C)c1cccc2c(C(=O)NC)ccnc12. The number of hydrogen-bond donors (Lipinski definition) is 3. The summed E-state index contributed by atoms with van der Waals surface area (Å²) in [6, 6.07) is 7.59. The van der Waals surface area contributed by atoms with Crippen LogP contribution in [0.4, 0.5) is 0 Å². The van der Waals surface area contributed by atoms with Gasteiger partial charge in [0.2, 0.25) is 0 Å². The second-order valence-corrected chi connectivity index (χ2v) is 7.55. The number of benzene rings is 1. The molecular weight excluding hydrogens is 422 g/mol. The van der Waals surface area contributed by atoms with Crippen molar-refractivity contribution >= 4 is 42.0 Å². The first-order chi connectivity index (χ1) is 15.4. The number of pyridine rings is 1. The molecule has 0 spiro atoms. The smallest absolute Gasteiger partial charge is 0.251 e. The molecule has 1 amide bonds. The molecule has 0 saturated heterocycles. The van der Waals surface area contributed by atoms with E-state index >= 15 is 0 Å². The van der Waals surface area contributed by atoms with Crippen molar-refractivity contribution in [3.63, 3.8) is 0 Å². The van der Waals surface area contributed by atoms with Crippen LogP contribution in [0.1, 0.15) is 40.2 Å². The van der Waals surface area contributed by atoms with Gasteiger partial charge in [-0.2, -0.15) is 0 Å². The molecule has 32 heavy (non-hydrogen) atoms. The molecule has 9 heteroatoms. The van der Waals surface area contributed by atoms with E-state index in [-0.39, 0.29) is 11.8 Å². The fourth-order valence-corrected chi connectivity index (χ4v) is 3.39. The lowest BCUT2D eigenvalue weighted by Gasteiger charge is -2.16. The molecule has 0 fully saturated rings. The number of aryl methyl sites for hydroxylation is 1. The maximum Gasteiger partial charge on any atom is 0.251 e. The van der Waals surface area contributed by atoms with Crippen molar-refractivity contribution in [2.75, 3.05) is 13.6 Å². The van der Waals surface area contributed by atoms with E-state index in [2.05, 4.69) is 61.7 Å². The van der Waals surface area contributed by atoms with E-state index < -0.39 is 0 Å². The highest BCUT2D eigenvalue weighted by atomic mass is 32.1. The van der Waals surface area contributed by atoms with Crippen LogP contribution in [0, 0.1) is 6.92 Å². The largest absolute Gasteiger partial charge is 0.370 e. The Kier molecular flexibility index (Phi) is 7.67.